The molecule has 0 amide bonds. The van der Waals surface area contributed by atoms with Gasteiger partial charge in [0.15, 0.2) is 0 Å². The lowest BCUT2D eigenvalue weighted by Gasteiger charge is -2.36. The third-order valence-corrected chi connectivity index (χ3v) is 5.41. The van der Waals surface area contributed by atoms with Crippen molar-refractivity contribution in [1.29, 1.82) is 0 Å². The minimum absolute atomic E-state index is 0.168. The van der Waals surface area contributed by atoms with Crippen LogP contribution in [0, 0.1) is 11.6 Å². The predicted octanol–water partition coefficient (Wildman–Crippen LogP) is 2.71. The molecule has 0 radical (unpaired) electrons. The zero-order valence-corrected chi connectivity index (χ0v) is 15.9. The van der Waals surface area contributed by atoms with Crippen molar-refractivity contribution in [3.05, 3.63) is 42.0 Å². The van der Waals surface area contributed by atoms with Crippen molar-refractivity contribution in [3.8, 4) is 0 Å². The van der Waals surface area contributed by atoms with Gasteiger partial charge < -0.3 is 9.80 Å². The van der Waals surface area contributed by atoms with Gasteiger partial charge in [0.1, 0.15) is 29.6 Å². The first kappa shape index (κ1) is 19.8. The quantitative estimate of drug-likeness (QED) is 0.723. The molecule has 0 N–H and O–H groups in total. The third kappa shape index (κ3) is 4.75. The monoisotopic (exact) mass is 410 g/mol. The molecular weight excluding hydrogens is 388 g/mol. The van der Waals surface area contributed by atoms with Crippen molar-refractivity contribution in [3.63, 3.8) is 0 Å². The number of piperidine rings is 1. The smallest absolute Gasteiger partial charge is 0.251 e. The van der Waals surface area contributed by atoms with Gasteiger partial charge in [-0.15, -0.1) is 0 Å². The fourth-order valence-corrected chi connectivity index (χ4v) is 3.65. The fourth-order valence-electron chi connectivity index (χ4n) is 3.65. The number of nitrogens with zero attached hydrogens (tertiary/aromatic N) is 6. The summed E-state index contributed by atoms with van der Waals surface area (Å²) in [6, 6.07) is 2.68. The van der Waals surface area contributed by atoms with Gasteiger partial charge in [-0.25, -0.2) is 27.5 Å². The number of rotatable bonds is 4. The zero-order valence-electron chi connectivity index (χ0n) is 15.9. The van der Waals surface area contributed by atoms with Crippen LogP contribution in [0.5, 0.6) is 0 Å². The number of anilines is 2. The highest BCUT2D eigenvalue weighted by molar-refractivity contribution is 5.50. The Morgan fingerprint density at radius 1 is 0.828 bits per heavy atom. The molecule has 0 spiro atoms. The van der Waals surface area contributed by atoms with Gasteiger partial charge >= 0.3 is 0 Å². The van der Waals surface area contributed by atoms with Crippen LogP contribution in [0.4, 0.5) is 29.2 Å². The second-order valence-corrected chi connectivity index (χ2v) is 7.42. The van der Waals surface area contributed by atoms with Gasteiger partial charge in [-0.2, -0.15) is 0 Å². The number of pyridine rings is 1. The molecule has 0 bridgehead atoms. The van der Waals surface area contributed by atoms with Crippen molar-refractivity contribution in [2.75, 3.05) is 49.1 Å². The van der Waals surface area contributed by atoms with E-state index in [1.807, 2.05) is 11.0 Å². The number of hydrogen-bond acceptors (Lipinski definition) is 6. The van der Waals surface area contributed by atoms with Crippen molar-refractivity contribution in [1.82, 2.24) is 19.9 Å². The van der Waals surface area contributed by atoms with E-state index < -0.39 is 17.6 Å². The minimum Gasteiger partial charge on any atom is -0.356 e. The lowest BCUT2D eigenvalue weighted by atomic mass is 10.1. The van der Waals surface area contributed by atoms with E-state index in [1.165, 1.54) is 6.33 Å². The van der Waals surface area contributed by atoms with Crippen LogP contribution in [0.25, 0.3) is 0 Å². The Labute approximate surface area is 166 Å². The molecule has 2 aromatic heterocycles. The molecule has 4 heterocycles. The second kappa shape index (κ2) is 8.10. The predicted molar refractivity (Wildman–Crippen MR) is 100 cm³/mol. The van der Waals surface area contributed by atoms with Gasteiger partial charge in [0.25, 0.3) is 5.92 Å². The van der Waals surface area contributed by atoms with E-state index >= 15 is 0 Å². The highest BCUT2D eigenvalue weighted by Crippen LogP contribution is 2.30. The Morgan fingerprint density at radius 3 is 2.07 bits per heavy atom. The highest BCUT2D eigenvalue weighted by atomic mass is 19.3. The maximum Gasteiger partial charge on any atom is 0.251 e. The molecule has 156 valence electrons. The van der Waals surface area contributed by atoms with Gasteiger partial charge in [-0.05, 0) is 0 Å². The highest BCUT2D eigenvalue weighted by Gasteiger charge is 2.34. The van der Waals surface area contributed by atoms with Crippen LogP contribution in [0.15, 0.2) is 24.7 Å². The average molecular weight is 410 g/mol. The largest absolute Gasteiger partial charge is 0.356 e. The van der Waals surface area contributed by atoms with E-state index in [9.17, 15) is 17.6 Å². The summed E-state index contributed by atoms with van der Waals surface area (Å²) in [4.78, 5) is 18.4. The molecular formula is C19H22F4N6. The molecule has 0 unspecified atom stereocenters. The molecule has 0 atom stereocenters. The second-order valence-electron chi connectivity index (χ2n) is 7.42. The summed E-state index contributed by atoms with van der Waals surface area (Å²) in [5, 5.41) is 0. The van der Waals surface area contributed by atoms with E-state index in [0.29, 0.717) is 38.5 Å². The fraction of sp³-hybridized carbons (Fsp3) is 0.526. The number of hydrogen-bond donors (Lipinski definition) is 0. The SMILES string of the molecule is Fc1cnc(CN2CCN(c3cc(N4CCC(F)(F)CC4)ncn3)CC2)c(F)c1. The summed E-state index contributed by atoms with van der Waals surface area (Å²) < 4.78 is 53.6. The Hall–Kier alpha value is -2.49. The summed E-state index contributed by atoms with van der Waals surface area (Å²) in [6.07, 6.45) is 2.15. The van der Waals surface area contributed by atoms with E-state index in [4.69, 9.17) is 0 Å². The van der Waals surface area contributed by atoms with Gasteiger partial charge in [0, 0.05) is 70.8 Å². The Morgan fingerprint density at radius 2 is 1.45 bits per heavy atom. The van der Waals surface area contributed by atoms with Gasteiger partial charge in [0.05, 0.1) is 11.9 Å². The number of halogens is 4. The van der Waals surface area contributed by atoms with Crippen molar-refractivity contribution in [2.45, 2.75) is 25.3 Å². The minimum atomic E-state index is -2.60. The molecule has 2 fully saturated rings. The molecule has 2 aliphatic rings. The zero-order chi connectivity index (χ0) is 20.4. The Bertz CT molecular complexity index is 846. The normalized spacial score (nSPS) is 20.1. The number of aromatic nitrogens is 3. The van der Waals surface area contributed by atoms with Crippen LogP contribution >= 0.6 is 0 Å². The lowest BCUT2D eigenvalue weighted by Crippen LogP contribution is -2.46. The Kier molecular flexibility index (Phi) is 5.53. The first-order chi connectivity index (χ1) is 13.9. The van der Waals surface area contributed by atoms with Gasteiger partial charge in [-0.1, -0.05) is 0 Å². The summed E-state index contributed by atoms with van der Waals surface area (Å²) in [5.74, 6) is -2.52. The summed E-state index contributed by atoms with van der Waals surface area (Å²) >= 11 is 0. The van der Waals surface area contributed by atoms with Gasteiger partial charge in [-0.3, -0.25) is 9.88 Å². The third-order valence-electron chi connectivity index (χ3n) is 5.41. The molecule has 2 aromatic rings. The van der Waals surface area contributed by atoms with E-state index in [-0.39, 0.29) is 31.6 Å². The van der Waals surface area contributed by atoms with E-state index in [2.05, 4.69) is 24.8 Å². The van der Waals surface area contributed by atoms with Crippen LogP contribution in [0.3, 0.4) is 0 Å². The molecule has 0 aliphatic carbocycles. The van der Waals surface area contributed by atoms with Crippen LogP contribution in [0.1, 0.15) is 18.5 Å². The summed E-state index contributed by atoms with van der Waals surface area (Å²) in [7, 11) is 0. The van der Waals surface area contributed by atoms with Crippen LogP contribution < -0.4 is 9.80 Å². The molecule has 0 aromatic carbocycles. The molecule has 4 rings (SSSR count). The molecule has 2 aliphatic heterocycles. The summed E-state index contributed by atoms with van der Waals surface area (Å²) in [6.45, 7) is 3.56. The van der Waals surface area contributed by atoms with Crippen molar-refractivity contribution in [2.24, 2.45) is 0 Å². The Balaban J connectivity index is 1.35. The van der Waals surface area contributed by atoms with Crippen LogP contribution in [0.2, 0.25) is 0 Å². The van der Waals surface area contributed by atoms with Crippen LogP contribution in [-0.2, 0) is 6.54 Å². The first-order valence-corrected chi connectivity index (χ1v) is 9.62. The maximum absolute atomic E-state index is 13.8. The standard InChI is InChI=1S/C19H22F4N6/c20-14-9-15(21)16(24-11-14)12-27-5-7-29(8-6-27)18-10-17(25-13-26-18)28-3-1-19(22,23)2-4-28/h9-11,13H,1-8,12H2. The van der Waals surface area contributed by atoms with Gasteiger partial charge in [0.2, 0.25) is 0 Å². The molecule has 29 heavy (non-hydrogen) atoms. The topological polar surface area (TPSA) is 48.4 Å². The molecule has 10 heteroatoms. The van der Waals surface area contributed by atoms with Crippen molar-refractivity contribution >= 4 is 11.6 Å². The maximum atomic E-state index is 13.8. The van der Waals surface area contributed by atoms with Crippen LogP contribution in [-0.4, -0.2) is 65.0 Å². The summed E-state index contributed by atoms with van der Waals surface area (Å²) in [5.41, 5.74) is 0.228. The first-order valence-electron chi connectivity index (χ1n) is 9.62. The molecule has 6 nitrogen and oxygen atoms in total. The van der Waals surface area contributed by atoms with E-state index in [0.717, 1.165) is 18.1 Å². The average Bonchev–Trinajstić information content (AvgIpc) is 2.71. The lowest BCUT2D eigenvalue weighted by molar-refractivity contribution is -0.0221. The molecule has 2 saturated heterocycles. The van der Waals surface area contributed by atoms with E-state index in [1.54, 1.807) is 0 Å². The number of piperazine rings is 1. The molecule has 0 saturated carbocycles. The number of alkyl halides is 2. The van der Waals surface area contributed by atoms with Crippen molar-refractivity contribution < 1.29 is 17.6 Å².